The molecular formula is C11H13NO2. The van der Waals surface area contributed by atoms with Crippen LogP contribution in [0.25, 0.3) is 0 Å². The van der Waals surface area contributed by atoms with Crippen LogP contribution in [0.2, 0.25) is 0 Å². The first kappa shape index (κ1) is 10.4. The molecule has 1 N–H and O–H groups in total. The fraction of sp³-hybridized carbons (Fsp3) is 0.364. The van der Waals surface area contributed by atoms with Crippen LogP contribution in [0.15, 0.2) is 12.3 Å². The number of terminal acetylenes is 1. The molecule has 1 heterocycles. The zero-order valence-electron chi connectivity index (χ0n) is 8.32. The van der Waals surface area contributed by atoms with Gasteiger partial charge in [0, 0.05) is 11.9 Å². The van der Waals surface area contributed by atoms with Crippen molar-refractivity contribution in [2.75, 3.05) is 0 Å². The molecule has 0 spiro atoms. The molecule has 74 valence electrons. The third-order valence-electron chi connectivity index (χ3n) is 2.05. The van der Waals surface area contributed by atoms with Gasteiger partial charge in [-0.05, 0) is 12.0 Å². The topological polar surface area (TPSA) is 42.2 Å². The molecule has 0 fully saturated rings. The zero-order valence-corrected chi connectivity index (χ0v) is 8.32. The van der Waals surface area contributed by atoms with Gasteiger partial charge in [0.2, 0.25) is 0 Å². The lowest BCUT2D eigenvalue weighted by Crippen LogP contribution is -2.07. The Morgan fingerprint density at radius 2 is 2.36 bits per heavy atom. The molecule has 1 aromatic rings. The summed E-state index contributed by atoms with van der Waals surface area (Å²) >= 11 is 0. The summed E-state index contributed by atoms with van der Waals surface area (Å²) in [6.45, 7) is 4.32. The molecule has 3 nitrogen and oxygen atoms in total. The van der Waals surface area contributed by atoms with E-state index in [0.29, 0.717) is 12.1 Å². The molecule has 0 radical (unpaired) electrons. The van der Waals surface area contributed by atoms with E-state index in [0.717, 1.165) is 5.69 Å². The van der Waals surface area contributed by atoms with E-state index in [4.69, 9.17) is 11.5 Å². The predicted molar refractivity (Wildman–Crippen MR) is 54.3 cm³/mol. The maximum atomic E-state index is 10.9. The molecule has 0 bridgehead atoms. The minimum absolute atomic E-state index is 0.157. The number of hydrogen-bond donors (Lipinski definition) is 1. The van der Waals surface area contributed by atoms with Gasteiger partial charge >= 0.3 is 5.97 Å². The Morgan fingerprint density at radius 1 is 1.71 bits per heavy atom. The summed E-state index contributed by atoms with van der Waals surface area (Å²) in [6.07, 6.45) is 6.92. The zero-order chi connectivity index (χ0) is 10.7. The Balaban J connectivity index is 3.21. The van der Waals surface area contributed by atoms with Gasteiger partial charge in [-0.15, -0.1) is 6.42 Å². The van der Waals surface area contributed by atoms with Crippen molar-refractivity contribution >= 4 is 5.97 Å². The fourth-order valence-electron chi connectivity index (χ4n) is 1.54. The molecule has 0 aliphatic carbocycles. The molecule has 0 saturated carbocycles. The molecule has 1 rings (SSSR count). The van der Waals surface area contributed by atoms with E-state index in [2.05, 4.69) is 5.92 Å². The quantitative estimate of drug-likeness (QED) is 0.742. The molecule has 0 aromatic carbocycles. The number of nitrogens with zero attached hydrogens (tertiary/aromatic N) is 1. The molecule has 14 heavy (non-hydrogen) atoms. The van der Waals surface area contributed by atoms with Crippen molar-refractivity contribution in [3.8, 4) is 12.3 Å². The fourth-order valence-corrected chi connectivity index (χ4v) is 1.54. The standard InChI is InChI=1S/C11H13NO2/c1-4-6-12-7-5-9(11(13)14)10(12)8(2)3/h1,5,7-8H,6H2,2-3H3,(H,13,14). The molecule has 3 heteroatoms. The molecule has 0 aliphatic heterocycles. The summed E-state index contributed by atoms with van der Waals surface area (Å²) in [6, 6.07) is 1.59. The van der Waals surface area contributed by atoms with Crippen LogP contribution in [-0.4, -0.2) is 15.6 Å². The average molecular weight is 191 g/mol. The third-order valence-corrected chi connectivity index (χ3v) is 2.05. The van der Waals surface area contributed by atoms with Gasteiger partial charge in [0.25, 0.3) is 0 Å². The second-order valence-corrected chi connectivity index (χ2v) is 3.41. The van der Waals surface area contributed by atoms with Crippen LogP contribution in [0, 0.1) is 12.3 Å². The first-order valence-electron chi connectivity index (χ1n) is 4.43. The minimum atomic E-state index is -0.899. The highest BCUT2D eigenvalue weighted by molar-refractivity contribution is 5.89. The van der Waals surface area contributed by atoms with Crippen LogP contribution in [0.5, 0.6) is 0 Å². The molecule has 0 saturated heterocycles. The monoisotopic (exact) mass is 191 g/mol. The summed E-state index contributed by atoms with van der Waals surface area (Å²) in [7, 11) is 0. The first-order chi connectivity index (χ1) is 6.57. The van der Waals surface area contributed by atoms with E-state index in [1.165, 1.54) is 0 Å². The highest BCUT2D eigenvalue weighted by Gasteiger charge is 2.16. The largest absolute Gasteiger partial charge is 0.478 e. The summed E-state index contributed by atoms with van der Waals surface area (Å²) in [5, 5.41) is 8.93. The first-order valence-corrected chi connectivity index (χ1v) is 4.43. The van der Waals surface area contributed by atoms with Gasteiger partial charge in [0.1, 0.15) is 0 Å². The second-order valence-electron chi connectivity index (χ2n) is 3.41. The van der Waals surface area contributed by atoms with E-state index in [9.17, 15) is 4.79 Å². The number of rotatable bonds is 3. The van der Waals surface area contributed by atoms with E-state index in [1.54, 1.807) is 16.8 Å². The Labute approximate surface area is 83.4 Å². The highest BCUT2D eigenvalue weighted by Crippen LogP contribution is 2.20. The maximum absolute atomic E-state index is 10.9. The highest BCUT2D eigenvalue weighted by atomic mass is 16.4. The summed E-state index contributed by atoms with van der Waals surface area (Å²) in [4.78, 5) is 10.9. The Kier molecular flexibility index (Phi) is 2.98. The molecule has 0 aliphatic rings. The van der Waals surface area contributed by atoms with Crippen molar-refractivity contribution in [2.45, 2.75) is 26.3 Å². The van der Waals surface area contributed by atoms with Gasteiger partial charge in [0.15, 0.2) is 0 Å². The number of hydrogen-bond acceptors (Lipinski definition) is 1. The summed E-state index contributed by atoms with van der Waals surface area (Å²) < 4.78 is 1.80. The molecule has 1 aromatic heterocycles. The molecular weight excluding hydrogens is 178 g/mol. The van der Waals surface area contributed by atoms with Crippen LogP contribution in [0.3, 0.4) is 0 Å². The van der Waals surface area contributed by atoms with Gasteiger partial charge < -0.3 is 9.67 Å². The van der Waals surface area contributed by atoms with Crippen molar-refractivity contribution in [2.24, 2.45) is 0 Å². The minimum Gasteiger partial charge on any atom is -0.478 e. The van der Waals surface area contributed by atoms with E-state index >= 15 is 0 Å². The molecule has 0 amide bonds. The summed E-state index contributed by atoms with van der Waals surface area (Å²) in [5.41, 5.74) is 1.13. The number of carboxylic acids is 1. The van der Waals surface area contributed by atoms with Crippen LogP contribution in [0.1, 0.15) is 35.8 Å². The second kappa shape index (κ2) is 4.01. The van der Waals surface area contributed by atoms with Gasteiger partial charge in [-0.25, -0.2) is 4.79 Å². The molecule has 0 atom stereocenters. The predicted octanol–water partition coefficient (Wildman–Crippen LogP) is 1.94. The van der Waals surface area contributed by atoms with Crippen LogP contribution < -0.4 is 0 Å². The smallest absolute Gasteiger partial charge is 0.337 e. The number of aromatic carboxylic acids is 1. The lowest BCUT2D eigenvalue weighted by Gasteiger charge is -2.10. The van der Waals surface area contributed by atoms with Crippen molar-refractivity contribution in [1.29, 1.82) is 0 Å². The van der Waals surface area contributed by atoms with Gasteiger partial charge in [0.05, 0.1) is 12.1 Å². The maximum Gasteiger partial charge on any atom is 0.337 e. The number of carbonyl (C=O) groups is 1. The van der Waals surface area contributed by atoms with Crippen LogP contribution in [-0.2, 0) is 6.54 Å². The van der Waals surface area contributed by atoms with E-state index in [-0.39, 0.29) is 5.92 Å². The van der Waals surface area contributed by atoms with E-state index in [1.807, 2.05) is 13.8 Å². The van der Waals surface area contributed by atoms with Crippen LogP contribution in [0.4, 0.5) is 0 Å². The third kappa shape index (κ3) is 1.80. The SMILES string of the molecule is C#CCn1ccc(C(=O)O)c1C(C)C. The lowest BCUT2D eigenvalue weighted by molar-refractivity contribution is 0.0695. The van der Waals surface area contributed by atoms with Gasteiger partial charge in [-0.2, -0.15) is 0 Å². The average Bonchev–Trinajstić information content (AvgIpc) is 2.48. The van der Waals surface area contributed by atoms with Crippen molar-refractivity contribution < 1.29 is 9.90 Å². The van der Waals surface area contributed by atoms with Gasteiger partial charge in [-0.3, -0.25) is 0 Å². The van der Waals surface area contributed by atoms with Crippen LogP contribution >= 0.6 is 0 Å². The lowest BCUT2D eigenvalue weighted by atomic mass is 10.1. The Morgan fingerprint density at radius 3 is 2.79 bits per heavy atom. The Hall–Kier alpha value is -1.69. The van der Waals surface area contributed by atoms with Crippen molar-refractivity contribution in [1.82, 2.24) is 4.57 Å². The normalized spacial score (nSPS) is 10.1. The summed E-state index contributed by atoms with van der Waals surface area (Å²) in [5.74, 6) is 1.76. The number of carboxylic acid groups (broad SMARTS) is 1. The molecule has 0 unspecified atom stereocenters. The van der Waals surface area contributed by atoms with E-state index < -0.39 is 5.97 Å². The van der Waals surface area contributed by atoms with Crippen molar-refractivity contribution in [3.05, 3.63) is 23.5 Å². The number of aromatic nitrogens is 1. The van der Waals surface area contributed by atoms with Crippen molar-refractivity contribution in [3.63, 3.8) is 0 Å². The Bertz CT molecular complexity index is 382. The van der Waals surface area contributed by atoms with Gasteiger partial charge in [-0.1, -0.05) is 19.8 Å².